The maximum Gasteiger partial charge on any atom is 0.329 e. The van der Waals surface area contributed by atoms with Crippen molar-refractivity contribution >= 4 is 22.8 Å². The molecule has 0 bridgehead atoms. The van der Waals surface area contributed by atoms with Gasteiger partial charge in [0.2, 0.25) is 0 Å². The zero-order valence-corrected chi connectivity index (χ0v) is 13.3. The maximum absolute atomic E-state index is 12.7. The topological polar surface area (TPSA) is 79.3 Å². The molecule has 2 N–H and O–H groups in total. The molecule has 3 rings (SSSR count). The lowest BCUT2D eigenvalue weighted by Crippen LogP contribution is -2.51. The summed E-state index contributed by atoms with van der Waals surface area (Å²) in [6, 6.07) is 9.29. The van der Waals surface area contributed by atoms with E-state index in [4.69, 9.17) is 0 Å². The van der Waals surface area contributed by atoms with E-state index in [2.05, 4.69) is 10.3 Å². The summed E-state index contributed by atoms with van der Waals surface area (Å²) in [5, 5.41) is 12.8. The summed E-state index contributed by atoms with van der Waals surface area (Å²) < 4.78 is 0. The molecule has 1 aromatic heterocycles. The molecule has 1 aromatic carbocycles. The third-order valence-corrected chi connectivity index (χ3v) is 4.54. The number of carboxylic acids is 1. The number of aromatic nitrogens is 1. The second-order valence-electron chi connectivity index (χ2n) is 6.33. The van der Waals surface area contributed by atoms with Crippen molar-refractivity contribution in [2.75, 3.05) is 0 Å². The van der Waals surface area contributed by atoms with Crippen LogP contribution in [0.25, 0.3) is 10.9 Å². The SMILES string of the molecule is CCC(C)(NC(=O)c1cc(C2CC2)nc2ccccc12)C(=O)O. The Morgan fingerprint density at radius 2 is 2.04 bits per heavy atom. The van der Waals surface area contributed by atoms with Crippen LogP contribution in [-0.2, 0) is 4.79 Å². The van der Waals surface area contributed by atoms with Crippen LogP contribution in [0.2, 0.25) is 0 Å². The number of pyridine rings is 1. The normalized spacial score (nSPS) is 16.8. The van der Waals surface area contributed by atoms with E-state index in [0.29, 0.717) is 17.9 Å². The standard InChI is InChI=1S/C18H20N2O3/c1-3-18(2,17(22)23)20-16(21)13-10-15(11-8-9-11)19-14-7-5-4-6-12(13)14/h4-7,10-11H,3,8-9H2,1-2H3,(H,20,21)(H,22,23). The molecule has 1 saturated carbocycles. The molecule has 0 saturated heterocycles. The quantitative estimate of drug-likeness (QED) is 0.889. The lowest BCUT2D eigenvalue weighted by molar-refractivity contribution is -0.143. The van der Waals surface area contributed by atoms with E-state index < -0.39 is 11.5 Å². The smallest absolute Gasteiger partial charge is 0.329 e. The average Bonchev–Trinajstić information content (AvgIpc) is 3.38. The van der Waals surface area contributed by atoms with Crippen LogP contribution in [-0.4, -0.2) is 27.5 Å². The van der Waals surface area contributed by atoms with Crippen molar-refractivity contribution < 1.29 is 14.7 Å². The Balaban J connectivity index is 2.04. The Hall–Kier alpha value is -2.43. The van der Waals surface area contributed by atoms with Crippen molar-refractivity contribution in [1.82, 2.24) is 10.3 Å². The van der Waals surface area contributed by atoms with E-state index in [9.17, 15) is 14.7 Å². The van der Waals surface area contributed by atoms with Crippen molar-refractivity contribution in [1.29, 1.82) is 0 Å². The van der Waals surface area contributed by atoms with Crippen LogP contribution >= 0.6 is 0 Å². The van der Waals surface area contributed by atoms with E-state index in [-0.39, 0.29) is 5.91 Å². The van der Waals surface area contributed by atoms with Crippen LogP contribution in [0.4, 0.5) is 0 Å². The molecule has 1 amide bonds. The molecule has 2 aromatic rings. The highest BCUT2D eigenvalue weighted by molar-refractivity contribution is 6.07. The van der Waals surface area contributed by atoms with Crippen molar-refractivity contribution in [3.63, 3.8) is 0 Å². The minimum absolute atomic E-state index is 0.312. The lowest BCUT2D eigenvalue weighted by Gasteiger charge is -2.25. The van der Waals surface area contributed by atoms with E-state index in [1.54, 1.807) is 6.92 Å². The molecule has 0 aliphatic heterocycles. The first kappa shape index (κ1) is 15.5. The average molecular weight is 312 g/mol. The van der Waals surface area contributed by atoms with Gasteiger partial charge in [-0.25, -0.2) is 4.79 Å². The van der Waals surface area contributed by atoms with Crippen LogP contribution in [0, 0.1) is 0 Å². The molecule has 1 fully saturated rings. The third kappa shape index (κ3) is 2.91. The van der Waals surface area contributed by atoms with Crippen molar-refractivity contribution in [3.05, 3.63) is 41.6 Å². The number of amides is 1. The molecule has 1 atom stereocenters. The summed E-state index contributed by atoms with van der Waals surface area (Å²) >= 11 is 0. The lowest BCUT2D eigenvalue weighted by atomic mass is 9.97. The summed E-state index contributed by atoms with van der Waals surface area (Å²) in [4.78, 5) is 28.8. The number of rotatable bonds is 5. The number of para-hydroxylation sites is 1. The van der Waals surface area contributed by atoms with Gasteiger partial charge in [-0.1, -0.05) is 25.1 Å². The van der Waals surface area contributed by atoms with Crippen LogP contribution in [0.5, 0.6) is 0 Å². The van der Waals surface area contributed by atoms with Crippen molar-refractivity contribution in [3.8, 4) is 0 Å². The monoisotopic (exact) mass is 312 g/mol. The second kappa shape index (κ2) is 5.65. The van der Waals surface area contributed by atoms with E-state index in [0.717, 1.165) is 29.4 Å². The second-order valence-corrected chi connectivity index (χ2v) is 6.33. The number of aliphatic carboxylic acids is 1. The highest BCUT2D eigenvalue weighted by Gasteiger charge is 2.34. The molecule has 1 unspecified atom stereocenters. The number of carboxylic acid groups (broad SMARTS) is 1. The zero-order valence-electron chi connectivity index (χ0n) is 13.3. The summed E-state index contributed by atoms with van der Waals surface area (Å²) in [7, 11) is 0. The predicted octanol–water partition coefficient (Wildman–Crippen LogP) is 3.10. The predicted molar refractivity (Wildman–Crippen MR) is 87.5 cm³/mol. The molecule has 1 aliphatic carbocycles. The first-order chi connectivity index (χ1) is 10.9. The zero-order chi connectivity index (χ0) is 16.6. The van der Waals surface area contributed by atoms with Crippen LogP contribution < -0.4 is 5.32 Å². The fraction of sp³-hybridized carbons (Fsp3) is 0.389. The number of nitrogens with zero attached hydrogens (tertiary/aromatic N) is 1. The van der Waals surface area contributed by atoms with Gasteiger partial charge < -0.3 is 10.4 Å². The summed E-state index contributed by atoms with van der Waals surface area (Å²) in [5.74, 6) is -0.977. The van der Waals surface area contributed by atoms with Gasteiger partial charge in [0.1, 0.15) is 5.54 Å². The first-order valence-corrected chi connectivity index (χ1v) is 7.90. The Kier molecular flexibility index (Phi) is 3.80. The van der Waals surface area contributed by atoms with Gasteiger partial charge >= 0.3 is 5.97 Å². The van der Waals surface area contributed by atoms with Crippen molar-refractivity contribution in [2.45, 2.75) is 44.6 Å². The third-order valence-electron chi connectivity index (χ3n) is 4.54. The number of carbonyl (C=O) groups is 2. The Labute approximate surface area is 134 Å². The highest BCUT2D eigenvalue weighted by Crippen LogP contribution is 2.40. The molecule has 0 radical (unpaired) electrons. The maximum atomic E-state index is 12.7. The van der Waals surface area contributed by atoms with Crippen LogP contribution in [0.15, 0.2) is 30.3 Å². The fourth-order valence-electron chi connectivity index (χ4n) is 2.58. The number of fused-ring (bicyclic) bond motifs is 1. The number of hydrogen-bond donors (Lipinski definition) is 2. The van der Waals surface area contributed by atoms with Gasteiger partial charge in [0, 0.05) is 17.0 Å². The largest absolute Gasteiger partial charge is 0.480 e. The van der Waals surface area contributed by atoms with Gasteiger partial charge in [0.25, 0.3) is 5.91 Å². The number of hydrogen-bond acceptors (Lipinski definition) is 3. The number of carbonyl (C=O) groups excluding carboxylic acids is 1. The Morgan fingerprint density at radius 3 is 2.65 bits per heavy atom. The number of nitrogens with one attached hydrogen (secondary N) is 1. The van der Waals surface area contributed by atoms with Gasteiger partial charge in [-0.3, -0.25) is 9.78 Å². The van der Waals surface area contributed by atoms with Gasteiger partial charge in [-0.05, 0) is 38.3 Å². The molecule has 1 aliphatic rings. The summed E-state index contributed by atoms with van der Waals surface area (Å²) in [5.41, 5.74) is 0.915. The number of benzene rings is 1. The van der Waals surface area contributed by atoms with E-state index in [1.165, 1.54) is 6.92 Å². The summed E-state index contributed by atoms with van der Waals surface area (Å²) in [6.07, 6.45) is 2.50. The minimum Gasteiger partial charge on any atom is -0.480 e. The molecule has 5 heteroatoms. The van der Waals surface area contributed by atoms with Crippen LogP contribution in [0.1, 0.15) is 55.1 Å². The Bertz CT molecular complexity index is 783. The van der Waals surface area contributed by atoms with Gasteiger partial charge in [-0.2, -0.15) is 0 Å². The van der Waals surface area contributed by atoms with Gasteiger partial charge in [0.05, 0.1) is 11.1 Å². The van der Waals surface area contributed by atoms with Gasteiger partial charge in [-0.15, -0.1) is 0 Å². The molecule has 23 heavy (non-hydrogen) atoms. The molecule has 120 valence electrons. The minimum atomic E-state index is -1.28. The molecular weight excluding hydrogens is 292 g/mol. The molecule has 0 spiro atoms. The molecule has 1 heterocycles. The van der Waals surface area contributed by atoms with E-state index in [1.807, 2.05) is 30.3 Å². The first-order valence-electron chi connectivity index (χ1n) is 7.90. The fourth-order valence-corrected chi connectivity index (χ4v) is 2.58. The highest BCUT2D eigenvalue weighted by atomic mass is 16.4. The molecular formula is C18H20N2O3. The Morgan fingerprint density at radius 1 is 1.35 bits per heavy atom. The van der Waals surface area contributed by atoms with Crippen LogP contribution in [0.3, 0.4) is 0 Å². The van der Waals surface area contributed by atoms with Crippen molar-refractivity contribution in [2.24, 2.45) is 0 Å². The summed E-state index contributed by atoms with van der Waals surface area (Å²) in [6.45, 7) is 3.27. The van der Waals surface area contributed by atoms with Gasteiger partial charge in [0.15, 0.2) is 0 Å². The van der Waals surface area contributed by atoms with E-state index >= 15 is 0 Å². The molecule has 5 nitrogen and oxygen atoms in total.